The molecule has 1 aromatic heterocycles. The van der Waals surface area contributed by atoms with Gasteiger partial charge in [-0.3, -0.25) is 62.5 Å². The van der Waals surface area contributed by atoms with Gasteiger partial charge < -0.3 is 68.9 Å². The molecule has 1 unspecified atom stereocenters. The summed E-state index contributed by atoms with van der Waals surface area (Å²) in [6.07, 6.45) is 11.5. The fraction of sp³-hybridized carbons (Fsp3) is 0.545. The smallest absolute Gasteiger partial charge is 0.242 e. The number of rotatable bonds is 18. The topological polar surface area (TPSA) is 393 Å². The molecule has 2 rings (SSSR count). The fourth-order valence-corrected chi connectivity index (χ4v) is 3.62. The van der Waals surface area contributed by atoms with Gasteiger partial charge in [-0.05, 0) is 57.1 Å². The number of carbonyl (C=O) groups excluding carboxylic acids is 12. The molecule has 1 heterocycles. The van der Waals surface area contributed by atoms with E-state index in [9.17, 15) is 57.5 Å². The molecule has 2 aromatic rings. The van der Waals surface area contributed by atoms with Gasteiger partial charge in [0, 0.05) is 135 Å². The third-order valence-electron chi connectivity index (χ3n) is 7.70. The minimum Gasteiger partial charge on any atom is -0.394 e. The molecule has 1 atom stereocenters. The maximum Gasteiger partial charge on any atom is 0.242 e. The van der Waals surface area contributed by atoms with Gasteiger partial charge in [0.1, 0.15) is 11.8 Å². The summed E-state index contributed by atoms with van der Waals surface area (Å²) in [5, 5.41) is 28.8. The van der Waals surface area contributed by atoms with Crippen LogP contribution in [0.5, 0.6) is 0 Å². The Kier molecular flexibility index (Phi) is 72.7. The lowest BCUT2D eigenvalue weighted by Crippen LogP contribution is -2.45. The van der Waals surface area contributed by atoms with E-state index in [1.165, 1.54) is 81.1 Å². The maximum atomic E-state index is 10.5. The van der Waals surface area contributed by atoms with Gasteiger partial charge in [0.05, 0.1) is 19.7 Å². The van der Waals surface area contributed by atoms with Crippen LogP contribution in [0.3, 0.4) is 0 Å². The molecule has 0 saturated heterocycles. The monoisotopic (exact) mass is 1150 g/mol. The zero-order chi connectivity index (χ0) is 64.7. The molecule has 0 spiro atoms. The molecule has 26 heteroatoms. The van der Waals surface area contributed by atoms with E-state index in [0.717, 1.165) is 56.6 Å². The van der Waals surface area contributed by atoms with Crippen LogP contribution in [0.25, 0.3) is 0 Å². The van der Waals surface area contributed by atoms with Gasteiger partial charge in [0.2, 0.25) is 65.0 Å². The average Bonchev–Trinajstić information content (AvgIpc) is 3.36. The number of nitrogens with zero attached hydrogens (tertiary/aromatic N) is 3. The number of hydrogen-bond donors (Lipinski definition) is 11. The van der Waals surface area contributed by atoms with Crippen molar-refractivity contribution in [3.05, 3.63) is 66.0 Å². The number of nitrogens with two attached hydrogens (primary N) is 2. The van der Waals surface area contributed by atoms with Crippen LogP contribution in [0.4, 0.5) is 0 Å². The Bertz CT molecular complexity index is 1980. The first-order chi connectivity index (χ1) is 37.6. The highest BCUT2D eigenvalue weighted by molar-refractivity contribution is 5.85. The van der Waals surface area contributed by atoms with Crippen LogP contribution >= 0.6 is 0 Å². The Labute approximate surface area is 481 Å². The lowest BCUT2D eigenvalue weighted by Gasteiger charge is -2.09. The summed E-state index contributed by atoms with van der Waals surface area (Å²) in [7, 11) is 7.40. The number of aromatic nitrogens is 1. The molecule has 0 fully saturated rings. The second-order valence-corrected chi connectivity index (χ2v) is 16.9. The first-order valence-corrected chi connectivity index (χ1v) is 25.4. The molecule has 462 valence electrons. The minimum absolute atomic E-state index is 0.00820. The third kappa shape index (κ3) is 112. The zero-order valence-corrected chi connectivity index (χ0v) is 51.2. The second kappa shape index (κ2) is 66.0. The van der Waals surface area contributed by atoms with Gasteiger partial charge in [-0.2, -0.15) is 0 Å². The highest BCUT2D eigenvalue weighted by Crippen LogP contribution is 1.96. The average molecular weight is 1150 g/mol. The first-order valence-electron chi connectivity index (χ1n) is 25.4. The van der Waals surface area contributed by atoms with Crippen LogP contribution in [0.1, 0.15) is 120 Å². The molecule has 81 heavy (non-hydrogen) atoms. The van der Waals surface area contributed by atoms with E-state index in [1.54, 1.807) is 26.5 Å². The summed E-state index contributed by atoms with van der Waals surface area (Å²) in [5.74, 6) is 0.778. The predicted molar refractivity (Wildman–Crippen MR) is 316 cm³/mol. The number of Topliss-reactive ketones (excluding diaryl/α,β-unsaturated/α-hetero) is 1. The van der Waals surface area contributed by atoms with Crippen LogP contribution in [-0.2, 0) is 70.6 Å². The number of likely N-dealkylation sites (N-methyl/N-ethyl adjacent to an activating group) is 1. The number of nitrogens with one attached hydrogen (secondary N) is 8. The van der Waals surface area contributed by atoms with E-state index in [1.807, 2.05) is 68.4 Å². The van der Waals surface area contributed by atoms with Gasteiger partial charge in [-0.25, -0.2) is 0 Å². The molecular weight excluding hydrogens is 1050 g/mol. The largest absolute Gasteiger partial charge is 0.394 e. The van der Waals surface area contributed by atoms with E-state index in [0.29, 0.717) is 19.6 Å². The minimum atomic E-state index is -0.961. The number of amides is 11. The number of primary amides is 2. The number of benzene rings is 1. The van der Waals surface area contributed by atoms with Crippen LogP contribution in [0, 0.1) is 12.3 Å². The van der Waals surface area contributed by atoms with Crippen molar-refractivity contribution in [3.8, 4) is 12.3 Å². The number of pyridine rings is 1. The molecular formula is C55H99N13O13. The number of ketones is 1. The lowest BCUT2D eigenvalue weighted by atomic mass is 10.2. The molecule has 0 aliphatic heterocycles. The standard InChI is InChI=1S/C9H11NO.C8H10N2O.C6H14N2O.C6H13NO.C5H10N2O3.C5H9NO2.C5H11NO.C5H7NO.C4H9NO.C2H5NO/c1-8(11)10-7-9-5-3-2-4-6-9;1-7(11)10-6-8-2-4-9-5-3-8;1-6(9)7-4-5-8(2)3;1-3-4-5-7-6(2)8;1-3(9)7-4(2-8)5(6)10;1-4(7)3-6-5(2)8;2*1-3-4-6-5(2)7;1-4(6)5(2)3;1-2(3)4/h2-6H,7H2,1H3,(H,10,11);2-5H,6H2,1H3,(H,10,11);4-5H2,1-3H3,(H,7,9);3-5H2,1-2H3,(H,7,8);4,8H,2H2,1H3,(H2,6,10)(H,7,9);3H2,1-2H3,(H,6,8);3-4H2,1-2H3,(H,6,7);1H,4H2,2H3,(H,6,7);1-3H3;1H3,(H2,3,4). The van der Waals surface area contributed by atoms with Crippen molar-refractivity contribution in [1.29, 1.82) is 0 Å². The zero-order valence-electron chi connectivity index (χ0n) is 51.2. The third-order valence-corrected chi connectivity index (χ3v) is 7.70. The van der Waals surface area contributed by atoms with Crippen molar-refractivity contribution in [1.82, 2.24) is 57.3 Å². The fourth-order valence-electron chi connectivity index (χ4n) is 3.62. The van der Waals surface area contributed by atoms with Crippen molar-refractivity contribution >= 4 is 70.8 Å². The quantitative estimate of drug-likeness (QED) is 0.0702. The highest BCUT2D eigenvalue weighted by atomic mass is 16.3. The molecule has 0 aliphatic rings. The Hall–Kier alpha value is -8.31. The molecule has 11 amide bonds. The number of hydrogen-bond acceptors (Lipinski definition) is 15. The predicted octanol–water partition coefficient (Wildman–Crippen LogP) is 0.202. The van der Waals surface area contributed by atoms with Crippen LogP contribution < -0.4 is 54.0 Å². The molecule has 1 aromatic carbocycles. The lowest BCUT2D eigenvalue weighted by molar-refractivity contribution is -0.127. The summed E-state index contributed by atoms with van der Waals surface area (Å²) in [5.41, 5.74) is 11.4. The van der Waals surface area contributed by atoms with E-state index >= 15 is 0 Å². The summed E-state index contributed by atoms with van der Waals surface area (Å²) in [4.78, 5) is 129. The molecule has 13 N–H and O–H groups in total. The summed E-state index contributed by atoms with van der Waals surface area (Å²) < 4.78 is 0. The normalized spacial score (nSPS) is 8.96. The van der Waals surface area contributed by atoms with Gasteiger partial charge in [0.15, 0.2) is 0 Å². The van der Waals surface area contributed by atoms with Gasteiger partial charge in [0.25, 0.3) is 0 Å². The van der Waals surface area contributed by atoms with Crippen LogP contribution in [-0.4, -0.2) is 171 Å². The SMILES string of the molecule is C#CCNC(C)=O.CC(=O)CNC(C)=O.CC(=O)N(C)C.CC(=O)NC(CO)C(N)=O.CC(=O)NCCN(C)C.CC(=O)NCc1ccccc1.CC(=O)NCc1ccncc1.CC(N)=O.CCCCNC(C)=O.CCCNC(C)=O. The number of carbonyl (C=O) groups is 12. The van der Waals surface area contributed by atoms with Crippen LogP contribution in [0.2, 0.25) is 0 Å². The van der Waals surface area contributed by atoms with E-state index in [-0.39, 0.29) is 65.5 Å². The maximum absolute atomic E-state index is 10.5. The Morgan fingerprint density at radius 2 is 0.938 bits per heavy atom. The van der Waals surface area contributed by atoms with Crippen molar-refractivity contribution < 1.29 is 62.6 Å². The number of aliphatic hydroxyl groups excluding tert-OH is 1. The number of terminal acetylenes is 1. The van der Waals surface area contributed by atoms with Crippen molar-refractivity contribution in [2.75, 3.05) is 74.1 Å². The summed E-state index contributed by atoms with van der Waals surface area (Å²) in [6, 6.07) is 12.6. The Morgan fingerprint density at radius 3 is 1.19 bits per heavy atom. The number of aliphatic hydroxyl groups is 1. The van der Waals surface area contributed by atoms with Crippen molar-refractivity contribution in [2.45, 2.75) is 128 Å². The Balaban J connectivity index is -0.000000123. The first kappa shape index (κ1) is 89.3. The number of unbranched alkanes of at least 4 members (excludes halogenated alkanes) is 1. The van der Waals surface area contributed by atoms with Crippen LogP contribution in [0.15, 0.2) is 54.9 Å². The van der Waals surface area contributed by atoms with Crippen molar-refractivity contribution in [3.63, 3.8) is 0 Å². The second-order valence-electron chi connectivity index (χ2n) is 16.9. The summed E-state index contributed by atoms with van der Waals surface area (Å²) >= 11 is 0. The van der Waals surface area contributed by atoms with Gasteiger partial charge in [-0.15, -0.1) is 6.42 Å². The molecule has 0 radical (unpaired) electrons. The highest BCUT2D eigenvalue weighted by Gasteiger charge is 2.13. The molecule has 0 aliphatic carbocycles. The molecule has 0 saturated carbocycles. The van der Waals surface area contributed by atoms with Crippen molar-refractivity contribution in [2.24, 2.45) is 11.5 Å². The molecule has 0 bridgehead atoms. The molecule has 26 nitrogen and oxygen atoms in total. The Morgan fingerprint density at radius 1 is 0.556 bits per heavy atom. The van der Waals surface area contributed by atoms with E-state index < -0.39 is 24.5 Å². The van der Waals surface area contributed by atoms with E-state index in [2.05, 4.69) is 66.1 Å². The van der Waals surface area contributed by atoms with Gasteiger partial charge in [-0.1, -0.05) is 56.5 Å². The van der Waals surface area contributed by atoms with Gasteiger partial charge >= 0.3 is 0 Å². The summed E-state index contributed by atoms with van der Waals surface area (Å²) in [6.45, 7) is 24.5. The van der Waals surface area contributed by atoms with E-state index in [4.69, 9.17) is 17.3 Å².